The number of nitrogens with zero attached hydrogens (tertiary/aromatic N) is 6. The molecule has 2 atom stereocenters. The van der Waals surface area contributed by atoms with Gasteiger partial charge in [0.25, 0.3) is 5.91 Å². The number of alkyl halides is 3. The number of H-pyrrole nitrogens is 1. The summed E-state index contributed by atoms with van der Waals surface area (Å²) >= 11 is 0. The Labute approximate surface area is 295 Å². The van der Waals surface area contributed by atoms with E-state index in [1.54, 1.807) is 10.9 Å². The van der Waals surface area contributed by atoms with Gasteiger partial charge in [-0.1, -0.05) is 24.3 Å². The van der Waals surface area contributed by atoms with Crippen LogP contribution in [0.15, 0.2) is 60.9 Å². The predicted molar refractivity (Wildman–Crippen MR) is 185 cm³/mol. The third-order valence-electron chi connectivity index (χ3n) is 10.6. The van der Waals surface area contributed by atoms with Crippen LogP contribution in [0.1, 0.15) is 66.6 Å². The summed E-state index contributed by atoms with van der Waals surface area (Å²) in [6.07, 6.45) is 2.05. The van der Waals surface area contributed by atoms with Crippen molar-refractivity contribution in [3.63, 3.8) is 0 Å². The second-order valence-corrected chi connectivity index (χ2v) is 14.5. The topological polar surface area (TPSA) is 124 Å². The molecule has 7 rings (SSSR count). The van der Waals surface area contributed by atoms with E-state index >= 15 is 0 Å². The van der Waals surface area contributed by atoms with Gasteiger partial charge < -0.3 is 20.4 Å². The highest BCUT2D eigenvalue weighted by Crippen LogP contribution is 2.48. The van der Waals surface area contributed by atoms with Crippen molar-refractivity contribution >= 4 is 11.8 Å². The summed E-state index contributed by atoms with van der Waals surface area (Å²) < 4.78 is 41.7. The van der Waals surface area contributed by atoms with Crippen molar-refractivity contribution in [2.24, 2.45) is 11.8 Å². The van der Waals surface area contributed by atoms with E-state index in [2.05, 4.69) is 35.8 Å². The fraction of sp³-hybridized carbons (Fsp3) is 0.486. The number of carbonyl (C=O) groups is 2. The number of carbonyl (C=O) groups excluding carboxylic acids is 2. The molecule has 0 spiro atoms. The minimum atomic E-state index is -4.50. The number of aromatic nitrogens is 5. The summed E-state index contributed by atoms with van der Waals surface area (Å²) in [5.74, 6) is 0.236. The molecule has 2 saturated heterocycles. The number of nitrogens with one attached hydrogen (secondary N) is 3. The molecule has 2 amide bonds. The molecule has 4 aromatic rings. The van der Waals surface area contributed by atoms with Gasteiger partial charge in [0.05, 0.1) is 18.4 Å². The van der Waals surface area contributed by atoms with Crippen LogP contribution in [0, 0.1) is 11.8 Å². The highest BCUT2D eigenvalue weighted by Gasteiger charge is 2.51. The second kappa shape index (κ2) is 14.2. The van der Waals surface area contributed by atoms with E-state index in [4.69, 9.17) is 0 Å². The number of rotatable bonds is 10. The standard InChI is InChI=1S/C37H44F3N9O2/c1-36(2,37(38,39)40)35-44-32(45-46-35)21-42-33(50)31-19-30(31)26-5-3-25(4-6-26)28-20-43-49(23-28)29-9-7-27(8-10-29)34(51)48-15-11-24(12-16-48)22-47-17-13-41-14-18-47/h3-10,20,23-24,30-31,41H,11-19,21-22H2,1-2H3,(H,42,50)(H,44,45,46)/t30-,31+/m1/s1. The molecule has 0 radical (unpaired) electrons. The van der Waals surface area contributed by atoms with E-state index in [0.717, 1.165) is 94.9 Å². The number of halogens is 3. The molecule has 1 saturated carbocycles. The van der Waals surface area contributed by atoms with E-state index in [1.165, 1.54) is 0 Å². The average molecular weight is 704 g/mol. The molecule has 0 bridgehead atoms. The lowest BCUT2D eigenvalue weighted by Crippen LogP contribution is -2.47. The van der Waals surface area contributed by atoms with Crippen molar-refractivity contribution in [2.75, 3.05) is 45.8 Å². The van der Waals surface area contributed by atoms with Crippen LogP contribution in [0.25, 0.3) is 16.8 Å². The monoisotopic (exact) mass is 703 g/mol. The molecular weight excluding hydrogens is 659 g/mol. The summed E-state index contributed by atoms with van der Waals surface area (Å²) in [5.41, 5.74) is 2.32. The van der Waals surface area contributed by atoms with Gasteiger partial charge in [0.2, 0.25) is 5.91 Å². The van der Waals surface area contributed by atoms with Crippen molar-refractivity contribution in [3.05, 3.63) is 83.7 Å². The molecule has 270 valence electrons. The molecule has 51 heavy (non-hydrogen) atoms. The first-order valence-electron chi connectivity index (χ1n) is 17.7. The van der Waals surface area contributed by atoms with Crippen LogP contribution in [-0.4, -0.2) is 98.6 Å². The Morgan fingerprint density at radius 3 is 2.33 bits per heavy atom. The highest BCUT2D eigenvalue weighted by atomic mass is 19.4. The number of hydrogen-bond donors (Lipinski definition) is 3. The summed E-state index contributed by atoms with van der Waals surface area (Å²) in [6, 6.07) is 15.6. The maximum Gasteiger partial charge on any atom is 0.401 e. The van der Waals surface area contributed by atoms with Gasteiger partial charge in [-0.05, 0) is 80.3 Å². The Hall–Kier alpha value is -4.56. The minimum absolute atomic E-state index is 0.0265. The lowest BCUT2D eigenvalue weighted by molar-refractivity contribution is -0.182. The molecule has 3 aliphatic rings. The highest BCUT2D eigenvalue weighted by molar-refractivity contribution is 5.94. The van der Waals surface area contributed by atoms with Crippen molar-refractivity contribution in [2.45, 2.75) is 57.2 Å². The van der Waals surface area contributed by atoms with E-state index in [0.29, 0.717) is 17.9 Å². The van der Waals surface area contributed by atoms with Crippen LogP contribution >= 0.6 is 0 Å². The van der Waals surface area contributed by atoms with Crippen LogP contribution in [-0.2, 0) is 16.8 Å². The Balaban J connectivity index is 0.885. The average Bonchev–Trinajstić information content (AvgIpc) is 3.52. The number of likely N-dealkylation sites (tertiary alicyclic amines) is 1. The largest absolute Gasteiger partial charge is 0.401 e. The van der Waals surface area contributed by atoms with Crippen molar-refractivity contribution in [1.29, 1.82) is 0 Å². The fourth-order valence-corrected chi connectivity index (χ4v) is 6.99. The molecule has 11 nitrogen and oxygen atoms in total. The smallest absolute Gasteiger partial charge is 0.349 e. The van der Waals surface area contributed by atoms with Crippen molar-refractivity contribution in [1.82, 2.24) is 45.4 Å². The van der Waals surface area contributed by atoms with Gasteiger partial charge in [-0.25, -0.2) is 9.67 Å². The summed E-state index contributed by atoms with van der Waals surface area (Å²) in [5, 5.41) is 17.0. The van der Waals surface area contributed by atoms with Crippen LogP contribution in [0.3, 0.4) is 0 Å². The van der Waals surface area contributed by atoms with Gasteiger partial charge in [-0.2, -0.15) is 23.4 Å². The molecule has 4 heterocycles. The maximum absolute atomic E-state index is 13.3. The van der Waals surface area contributed by atoms with E-state index in [9.17, 15) is 22.8 Å². The Morgan fingerprint density at radius 1 is 0.941 bits per heavy atom. The number of aromatic amines is 1. The first-order chi connectivity index (χ1) is 24.5. The number of benzene rings is 2. The van der Waals surface area contributed by atoms with E-state index in [-0.39, 0.29) is 41.8 Å². The predicted octanol–water partition coefficient (Wildman–Crippen LogP) is 4.67. The maximum atomic E-state index is 13.3. The molecule has 14 heteroatoms. The number of amides is 2. The SMILES string of the molecule is CC(C)(c1n[nH]c(CNC(=O)[C@H]2C[C@@H]2c2ccc(-c3cnn(-c4ccc(C(=O)N5CCC(CN6CCNCC6)CC5)cc4)c3)cc2)n1)C(F)(F)F. The Kier molecular flexibility index (Phi) is 9.72. The molecular formula is C37H44F3N9O2. The summed E-state index contributed by atoms with van der Waals surface area (Å²) in [4.78, 5) is 34.5. The lowest BCUT2D eigenvalue weighted by atomic mass is 9.92. The van der Waals surface area contributed by atoms with Crippen molar-refractivity contribution < 1.29 is 22.8 Å². The van der Waals surface area contributed by atoms with Crippen molar-refractivity contribution in [3.8, 4) is 16.8 Å². The molecule has 1 aliphatic carbocycles. The molecule has 2 aliphatic heterocycles. The van der Waals surface area contributed by atoms with Gasteiger partial charge in [0, 0.05) is 69.1 Å². The van der Waals surface area contributed by atoms with Crippen LogP contribution < -0.4 is 10.6 Å². The normalized spacial score (nSPS) is 20.4. The molecule has 0 unspecified atom stereocenters. The molecule has 2 aromatic carbocycles. The van der Waals surface area contributed by atoms with Crippen LogP contribution in [0.4, 0.5) is 13.2 Å². The first kappa shape index (κ1) is 34.9. The Bertz CT molecular complexity index is 1820. The van der Waals surface area contributed by atoms with Crippen LogP contribution in [0.2, 0.25) is 0 Å². The van der Waals surface area contributed by atoms with Gasteiger partial charge in [-0.3, -0.25) is 14.7 Å². The van der Waals surface area contributed by atoms with Gasteiger partial charge in [-0.15, -0.1) is 0 Å². The van der Waals surface area contributed by atoms with E-state index in [1.807, 2.05) is 59.6 Å². The number of piperazine rings is 1. The summed E-state index contributed by atoms with van der Waals surface area (Å²) in [7, 11) is 0. The molecule has 2 aromatic heterocycles. The van der Waals surface area contributed by atoms with Gasteiger partial charge >= 0.3 is 6.18 Å². The number of piperidine rings is 1. The minimum Gasteiger partial charge on any atom is -0.349 e. The lowest BCUT2D eigenvalue weighted by Gasteiger charge is -2.36. The zero-order chi connectivity index (χ0) is 35.8. The first-order valence-corrected chi connectivity index (χ1v) is 17.7. The van der Waals surface area contributed by atoms with E-state index < -0.39 is 11.6 Å². The fourth-order valence-electron chi connectivity index (χ4n) is 6.99. The second-order valence-electron chi connectivity index (χ2n) is 14.5. The molecule has 3 fully saturated rings. The van der Waals surface area contributed by atoms with Gasteiger partial charge in [0.15, 0.2) is 5.82 Å². The Morgan fingerprint density at radius 2 is 1.65 bits per heavy atom. The third kappa shape index (κ3) is 7.71. The van der Waals surface area contributed by atoms with Crippen LogP contribution in [0.5, 0.6) is 0 Å². The summed E-state index contributed by atoms with van der Waals surface area (Å²) in [6.45, 7) is 9.08. The van der Waals surface area contributed by atoms with Gasteiger partial charge in [0.1, 0.15) is 11.2 Å². The molecule has 3 N–H and O–H groups in total. The zero-order valence-electron chi connectivity index (χ0n) is 28.9. The third-order valence-corrected chi connectivity index (χ3v) is 10.6. The number of hydrogen-bond acceptors (Lipinski definition) is 7. The quantitative estimate of drug-likeness (QED) is 0.219. The zero-order valence-corrected chi connectivity index (χ0v) is 28.9.